The molecule has 2 N–H and O–H groups in total. The van der Waals surface area contributed by atoms with Crippen LogP contribution in [0.2, 0.25) is 0 Å². The van der Waals surface area contributed by atoms with Crippen molar-refractivity contribution >= 4 is 49.0 Å². The fourth-order valence-electron chi connectivity index (χ4n) is 5.51. The second-order valence-electron chi connectivity index (χ2n) is 13.0. The zero-order chi connectivity index (χ0) is 35.3. The molecular weight excluding hydrogens is 641 g/mol. The third kappa shape index (κ3) is 6.54. The molecule has 0 bridgehead atoms. The number of aromatic nitrogens is 5. The average Bonchev–Trinajstić information content (AvgIpc) is 3.60. The van der Waals surface area contributed by atoms with Gasteiger partial charge < -0.3 is 20.3 Å². The predicted octanol–water partition coefficient (Wildman–Crippen LogP) is 0.0777. The van der Waals surface area contributed by atoms with Crippen molar-refractivity contribution in [3.63, 3.8) is 0 Å². The lowest BCUT2D eigenvalue weighted by molar-refractivity contribution is -0.214. The van der Waals surface area contributed by atoms with E-state index >= 15 is 8.78 Å². The smallest absolute Gasteiger partial charge is 0.382 e. The Kier molecular flexibility index (Phi) is 9.48. The number of urea groups is 1. The Hall–Kier alpha value is -3.77. The second kappa shape index (κ2) is 12.4. The number of carbonyl (C=O) groups is 2. The van der Waals surface area contributed by atoms with Crippen LogP contribution < -0.4 is 10.6 Å². The molecule has 0 spiro atoms. The van der Waals surface area contributed by atoms with Crippen LogP contribution in [0.15, 0.2) is 23.1 Å². The topological polar surface area (TPSA) is 140 Å². The molecule has 23 heteroatoms. The molecule has 3 aromatic rings. The first kappa shape index (κ1) is 36.1. The van der Waals surface area contributed by atoms with E-state index in [0.717, 1.165) is 18.7 Å². The first-order chi connectivity index (χ1) is 21.6. The Morgan fingerprint density at radius 2 is 1.83 bits per heavy atom. The zero-order valence-corrected chi connectivity index (χ0v) is 26.5. The molecule has 3 amide bonds. The molecule has 4 rings (SSSR count). The summed E-state index contributed by atoms with van der Waals surface area (Å²) >= 11 is 0. The van der Waals surface area contributed by atoms with Crippen LogP contribution in [0.1, 0.15) is 72.6 Å². The van der Waals surface area contributed by atoms with E-state index in [1.807, 2.05) is 0 Å². The molecule has 252 valence electrons. The van der Waals surface area contributed by atoms with Gasteiger partial charge in [-0.15, -0.1) is 0 Å². The van der Waals surface area contributed by atoms with Crippen molar-refractivity contribution in [2.75, 3.05) is 13.7 Å². The lowest BCUT2D eigenvalue weighted by atomic mass is 9.43. The van der Waals surface area contributed by atoms with Crippen LogP contribution >= 0.6 is 0 Å². The molecule has 3 aromatic heterocycles. The van der Waals surface area contributed by atoms with Crippen LogP contribution in [-0.4, -0.2) is 110 Å². The minimum Gasteiger partial charge on any atom is -0.382 e. The van der Waals surface area contributed by atoms with Gasteiger partial charge in [0, 0.05) is 23.3 Å². The maximum Gasteiger partial charge on any atom is 0.393 e. The summed E-state index contributed by atoms with van der Waals surface area (Å²) in [6.07, 6.45) is -6.08. The van der Waals surface area contributed by atoms with Gasteiger partial charge in [-0.2, -0.15) is 18.3 Å². The van der Waals surface area contributed by atoms with Gasteiger partial charge in [0.1, 0.15) is 31.4 Å². The lowest BCUT2D eigenvalue weighted by Gasteiger charge is -2.57. The highest BCUT2D eigenvalue weighted by Crippen LogP contribution is 2.44. The average molecular weight is 672 g/mol. The van der Waals surface area contributed by atoms with Gasteiger partial charge in [-0.3, -0.25) is 4.79 Å². The highest BCUT2D eigenvalue weighted by atomic mass is 19.4. The van der Waals surface area contributed by atoms with Crippen LogP contribution in [0.3, 0.4) is 0 Å². The molecule has 0 aliphatic carbocycles. The number of halogens is 7. The zero-order valence-electron chi connectivity index (χ0n) is 26.5. The number of hydrogen-bond donors (Lipinski definition) is 2. The highest BCUT2D eigenvalue weighted by molar-refractivity contribution is 6.48. The first-order valence-electron chi connectivity index (χ1n) is 14.4. The number of rotatable bonds is 11. The van der Waals surface area contributed by atoms with E-state index in [-0.39, 0.29) is 29.9 Å². The lowest BCUT2D eigenvalue weighted by Crippen LogP contribution is -2.83. The Bertz CT molecular complexity index is 1640. The number of methoxy groups -OCH3 is 1. The first-order valence-corrected chi connectivity index (χ1v) is 14.4. The predicted molar refractivity (Wildman–Crippen MR) is 161 cm³/mol. The molecule has 0 radical (unpaired) electrons. The Morgan fingerprint density at radius 1 is 1.17 bits per heavy atom. The minimum atomic E-state index is -4.60. The Morgan fingerprint density at radius 3 is 2.43 bits per heavy atom. The number of nitrogens with zero attached hydrogens (tertiary/aromatic N) is 6. The molecule has 1 aliphatic heterocycles. The number of alkyl halides is 7. The largest absolute Gasteiger partial charge is 0.393 e. The third-order valence-corrected chi connectivity index (χ3v) is 8.60. The Labute approximate surface area is 267 Å². The van der Waals surface area contributed by atoms with E-state index in [2.05, 4.69) is 35.7 Å². The standard InChI is InChI=1S/C24H31B4F7N8O4/c1-20(2,24(33,34)35)5-4-11(38-18(44)16-15(17(29)30)40-47-41-16)12-8-42-14(37-12)6-10(7-36-42)13(9-46-3)43-19(45)39-22(25,26)21(31,32)23(43,27)28/h6-8,11,13,17H,4-5,9,25-28H2,1-3H3,(H,38,44)(H,39,45). The van der Waals surface area contributed by atoms with E-state index in [4.69, 9.17) is 4.74 Å². The van der Waals surface area contributed by atoms with Crippen molar-refractivity contribution in [2.45, 2.75) is 68.0 Å². The number of carbonyl (C=O) groups excluding carboxylic acids is 2. The van der Waals surface area contributed by atoms with E-state index in [0.29, 0.717) is 0 Å². The molecule has 2 atom stereocenters. The molecule has 1 aliphatic rings. The summed E-state index contributed by atoms with van der Waals surface area (Å²) in [4.78, 5) is 31.6. The van der Waals surface area contributed by atoms with Gasteiger partial charge in [-0.05, 0) is 29.2 Å². The molecule has 12 nitrogen and oxygen atoms in total. The van der Waals surface area contributed by atoms with Crippen LogP contribution in [0.5, 0.6) is 0 Å². The highest BCUT2D eigenvalue weighted by Gasteiger charge is 2.65. The SMILES string of the molecule is BC1(B)NC(=O)N(C(COC)c2cnn3cc(C(CCC(C)(C)C(F)(F)F)NC(=O)c4nonc4C(F)F)nc3c2)C(B)(B)C1(F)F. The van der Waals surface area contributed by atoms with Gasteiger partial charge in [-0.1, -0.05) is 13.8 Å². The maximum atomic E-state index is 15.7. The molecule has 0 aromatic carbocycles. The van der Waals surface area contributed by atoms with Crippen LogP contribution in [0, 0.1) is 5.41 Å². The van der Waals surface area contributed by atoms with Crippen molar-refractivity contribution in [1.82, 2.24) is 40.4 Å². The monoisotopic (exact) mass is 672 g/mol. The van der Waals surface area contributed by atoms with E-state index in [9.17, 15) is 31.5 Å². The molecule has 0 saturated carbocycles. The number of ether oxygens (including phenoxy) is 1. The summed E-state index contributed by atoms with van der Waals surface area (Å²) in [6.45, 7) is 1.72. The van der Waals surface area contributed by atoms with Crippen LogP contribution in [-0.2, 0) is 4.74 Å². The summed E-state index contributed by atoms with van der Waals surface area (Å²) < 4.78 is 110. The number of imidazole rings is 1. The fourth-order valence-corrected chi connectivity index (χ4v) is 5.51. The summed E-state index contributed by atoms with van der Waals surface area (Å²) in [6, 6.07) is -1.71. The summed E-state index contributed by atoms with van der Waals surface area (Å²) in [5, 5.41) is 11.3. The number of fused-ring (bicyclic) bond motifs is 1. The van der Waals surface area contributed by atoms with Crippen molar-refractivity contribution < 1.29 is 49.7 Å². The van der Waals surface area contributed by atoms with Gasteiger partial charge in [0.05, 0.1) is 42.2 Å². The van der Waals surface area contributed by atoms with Gasteiger partial charge in [0.15, 0.2) is 11.3 Å². The van der Waals surface area contributed by atoms with E-state index < -0.39 is 76.4 Å². The third-order valence-electron chi connectivity index (χ3n) is 8.60. The maximum absolute atomic E-state index is 15.7. The van der Waals surface area contributed by atoms with Crippen molar-refractivity contribution in [2.24, 2.45) is 5.41 Å². The summed E-state index contributed by atoms with van der Waals surface area (Å²) in [5.74, 6) is -4.61. The minimum absolute atomic E-state index is 0.00338. The normalized spacial score (nSPS) is 19.0. The molecule has 4 heterocycles. The summed E-state index contributed by atoms with van der Waals surface area (Å²) in [7, 11) is 6.22. The van der Waals surface area contributed by atoms with Crippen molar-refractivity contribution in [3.8, 4) is 0 Å². The number of nitrogens with one attached hydrogen (secondary N) is 2. The molecule has 1 fully saturated rings. The number of hydrogen-bond acceptors (Lipinski definition) is 8. The number of amides is 3. The van der Waals surface area contributed by atoms with Gasteiger partial charge in [0.2, 0.25) is 5.69 Å². The quantitative estimate of drug-likeness (QED) is 0.216. The molecular formula is C24H31B4F7N8O4. The van der Waals surface area contributed by atoms with E-state index in [1.54, 1.807) is 0 Å². The molecule has 2 unspecified atom stereocenters. The van der Waals surface area contributed by atoms with Gasteiger partial charge in [0.25, 0.3) is 18.3 Å². The van der Waals surface area contributed by atoms with Crippen molar-refractivity contribution in [1.29, 1.82) is 0 Å². The van der Waals surface area contributed by atoms with Crippen molar-refractivity contribution in [3.05, 3.63) is 41.1 Å². The van der Waals surface area contributed by atoms with E-state index in [1.165, 1.54) is 61.5 Å². The summed E-state index contributed by atoms with van der Waals surface area (Å²) in [5.41, 5.74) is -3.79. The van der Waals surface area contributed by atoms with Crippen LogP contribution in [0.25, 0.3) is 5.65 Å². The van der Waals surface area contributed by atoms with Gasteiger partial charge in [-0.25, -0.2) is 36.5 Å². The molecule has 1 saturated heterocycles. The van der Waals surface area contributed by atoms with Crippen LogP contribution in [0.4, 0.5) is 35.5 Å². The molecule has 47 heavy (non-hydrogen) atoms. The van der Waals surface area contributed by atoms with Gasteiger partial charge >= 0.3 is 12.2 Å². The second-order valence-corrected chi connectivity index (χ2v) is 13.0. The fraction of sp³-hybridized carbons (Fsp3) is 0.583. The Balaban J connectivity index is 1.73.